The highest BCUT2D eigenvalue weighted by Crippen LogP contribution is 2.32. The van der Waals surface area contributed by atoms with Crippen LogP contribution < -0.4 is 10.9 Å². The zero-order chi connectivity index (χ0) is 17.4. The SMILES string of the molecule is O=c1c2csc(-c3ccc(F)cc3)c2ncn1CC1(O)CCNCC1. The first kappa shape index (κ1) is 16.4. The molecule has 0 radical (unpaired) electrons. The van der Waals surface area contributed by atoms with E-state index in [9.17, 15) is 14.3 Å². The number of rotatable bonds is 3. The number of nitrogens with zero attached hydrogens (tertiary/aromatic N) is 2. The van der Waals surface area contributed by atoms with E-state index in [1.807, 2.05) is 0 Å². The molecule has 1 saturated heterocycles. The van der Waals surface area contributed by atoms with E-state index in [1.165, 1.54) is 34.4 Å². The predicted octanol–water partition coefficient (Wildman–Crippen LogP) is 2.38. The molecule has 3 heterocycles. The summed E-state index contributed by atoms with van der Waals surface area (Å²) < 4.78 is 14.6. The summed E-state index contributed by atoms with van der Waals surface area (Å²) in [6, 6.07) is 6.17. The van der Waals surface area contributed by atoms with E-state index in [-0.39, 0.29) is 17.9 Å². The van der Waals surface area contributed by atoms with Crippen LogP contribution in [-0.2, 0) is 6.54 Å². The maximum Gasteiger partial charge on any atom is 0.262 e. The molecule has 0 spiro atoms. The van der Waals surface area contributed by atoms with Crippen molar-refractivity contribution in [3.8, 4) is 10.4 Å². The molecule has 0 atom stereocenters. The van der Waals surface area contributed by atoms with Crippen molar-refractivity contribution in [2.45, 2.75) is 25.0 Å². The van der Waals surface area contributed by atoms with Crippen molar-refractivity contribution < 1.29 is 9.50 Å². The molecule has 130 valence electrons. The number of hydrogen-bond acceptors (Lipinski definition) is 5. The van der Waals surface area contributed by atoms with E-state index in [0.717, 1.165) is 23.5 Å². The minimum atomic E-state index is -0.875. The molecule has 1 fully saturated rings. The molecule has 0 bridgehead atoms. The van der Waals surface area contributed by atoms with Crippen LogP contribution in [-0.4, -0.2) is 33.3 Å². The van der Waals surface area contributed by atoms with E-state index in [1.54, 1.807) is 17.5 Å². The van der Waals surface area contributed by atoms with E-state index in [2.05, 4.69) is 10.3 Å². The fourth-order valence-corrected chi connectivity index (χ4v) is 4.25. The molecule has 3 aromatic rings. The molecular formula is C18H18FN3O2S. The molecule has 0 saturated carbocycles. The highest BCUT2D eigenvalue weighted by atomic mass is 32.1. The quantitative estimate of drug-likeness (QED) is 0.754. The molecule has 5 nitrogen and oxygen atoms in total. The van der Waals surface area contributed by atoms with Crippen molar-refractivity contribution in [1.82, 2.24) is 14.9 Å². The number of aromatic nitrogens is 2. The highest BCUT2D eigenvalue weighted by molar-refractivity contribution is 7.15. The van der Waals surface area contributed by atoms with Gasteiger partial charge >= 0.3 is 0 Å². The van der Waals surface area contributed by atoms with Gasteiger partial charge in [0.2, 0.25) is 0 Å². The lowest BCUT2D eigenvalue weighted by Gasteiger charge is -2.32. The molecule has 1 aliphatic heterocycles. The maximum atomic E-state index is 13.1. The van der Waals surface area contributed by atoms with Crippen molar-refractivity contribution in [2.75, 3.05) is 13.1 Å². The monoisotopic (exact) mass is 359 g/mol. The van der Waals surface area contributed by atoms with Gasteiger partial charge in [-0.3, -0.25) is 9.36 Å². The van der Waals surface area contributed by atoms with Gasteiger partial charge < -0.3 is 10.4 Å². The van der Waals surface area contributed by atoms with Gasteiger partial charge in [0.15, 0.2) is 0 Å². The Morgan fingerprint density at radius 1 is 1.28 bits per heavy atom. The number of thiophene rings is 1. The second-order valence-electron chi connectivity index (χ2n) is 6.49. The van der Waals surface area contributed by atoms with Gasteiger partial charge in [-0.1, -0.05) is 12.1 Å². The van der Waals surface area contributed by atoms with Crippen LogP contribution in [0.4, 0.5) is 4.39 Å². The normalized spacial score (nSPS) is 17.0. The Balaban J connectivity index is 1.72. The summed E-state index contributed by atoms with van der Waals surface area (Å²) in [5.41, 5.74) is 0.431. The van der Waals surface area contributed by atoms with Crippen molar-refractivity contribution in [1.29, 1.82) is 0 Å². The van der Waals surface area contributed by atoms with Crippen LogP contribution in [0.5, 0.6) is 0 Å². The third-order valence-electron chi connectivity index (χ3n) is 4.69. The second-order valence-corrected chi connectivity index (χ2v) is 7.37. The lowest BCUT2D eigenvalue weighted by atomic mass is 9.92. The summed E-state index contributed by atoms with van der Waals surface area (Å²) in [7, 11) is 0. The molecule has 0 aliphatic carbocycles. The number of halogens is 1. The van der Waals surface area contributed by atoms with Gasteiger partial charge in [-0.15, -0.1) is 11.3 Å². The summed E-state index contributed by atoms with van der Waals surface area (Å²) in [5, 5.41) is 16.2. The van der Waals surface area contributed by atoms with Crippen molar-refractivity contribution >= 4 is 22.2 Å². The molecule has 1 aromatic carbocycles. The van der Waals surface area contributed by atoms with Crippen LogP contribution in [0.25, 0.3) is 21.3 Å². The lowest BCUT2D eigenvalue weighted by Crippen LogP contribution is -2.46. The topological polar surface area (TPSA) is 67.2 Å². The van der Waals surface area contributed by atoms with Crippen LogP contribution in [0.15, 0.2) is 40.8 Å². The molecule has 4 rings (SSSR count). The number of benzene rings is 1. The smallest absolute Gasteiger partial charge is 0.262 e. The number of piperidine rings is 1. The number of aliphatic hydroxyl groups is 1. The van der Waals surface area contributed by atoms with Gasteiger partial charge in [-0.05, 0) is 43.6 Å². The van der Waals surface area contributed by atoms with Gasteiger partial charge in [0.25, 0.3) is 5.56 Å². The Morgan fingerprint density at radius 3 is 2.72 bits per heavy atom. The van der Waals surface area contributed by atoms with Crippen molar-refractivity contribution in [3.63, 3.8) is 0 Å². The van der Waals surface area contributed by atoms with E-state index >= 15 is 0 Å². The first-order valence-corrected chi connectivity index (χ1v) is 9.09. The van der Waals surface area contributed by atoms with Gasteiger partial charge in [-0.25, -0.2) is 9.37 Å². The third-order valence-corrected chi connectivity index (χ3v) is 5.71. The molecular weight excluding hydrogens is 341 g/mol. The first-order chi connectivity index (χ1) is 12.1. The summed E-state index contributed by atoms with van der Waals surface area (Å²) in [6.45, 7) is 1.74. The lowest BCUT2D eigenvalue weighted by molar-refractivity contribution is -0.00627. The zero-order valence-electron chi connectivity index (χ0n) is 13.5. The van der Waals surface area contributed by atoms with Gasteiger partial charge in [0, 0.05) is 5.38 Å². The largest absolute Gasteiger partial charge is 0.388 e. The molecule has 1 aliphatic rings. The highest BCUT2D eigenvalue weighted by Gasteiger charge is 2.30. The first-order valence-electron chi connectivity index (χ1n) is 8.21. The summed E-state index contributed by atoms with van der Waals surface area (Å²) >= 11 is 1.42. The Morgan fingerprint density at radius 2 is 2.00 bits per heavy atom. The van der Waals surface area contributed by atoms with Crippen molar-refractivity contribution in [2.24, 2.45) is 0 Å². The van der Waals surface area contributed by atoms with Crippen LogP contribution in [0.3, 0.4) is 0 Å². The molecule has 2 N–H and O–H groups in total. The average Bonchev–Trinajstić information content (AvgIpc) is 3.03. The predicted molar refractivity (Wildman–Crippen MR) is 96.3 cm³/mol. The number of hydrogen-bond donors (Lipinski definition) is 2. The van der Waals surface area contributed by atoms with Gasteiger partial charge in [0.05, 0.1) is 34.3 Å². The molecule has 0 amide bonds. The van der Waals surface area contributed by atoms with E-state index < -0.39 is 5.60 Å². The maximum absolute atomic E-state index is 13.1. The van der Waals surface area contributed by atoms with Crippen molar-refractivity contribution in [3.05, 3.63) is 52.1 Å². The summed E-state index contributed by atoms with van der Waals surface area (Å²) in [4.78, 5) is 18.1. The third kappa shape index (κ3) is 3.10. The number of nitrogens with one attached hydrogen (secondary N) is 1. The standard InChI is InChI=1S/C18H18FN3O2S/c19-13-3-1-12(2-4-13)16-15-14(9-25-16)17(23)22(11-21-15)10-18(24)5-7-20-8-6-18/h1-4,9,11,20,24H,5-8,10H2. The average molecular weight is 359 g/mol. The number of fused-ring (bicyclic) bond motifs is 1. The van der Waals surface area contributed by atoms with Crippen LogP contribution in [0, 0.1) is 5.82 Å². The Bertz CT molecular complexity index is 959. The Kier molecular flexibility index (Phi) is 4.15. The molecule has 0 unspecified atom stereocenters. The Hall–Kier alpha value is -2.09. The van der Waals surface area contributed by atoms with Gasteiger partial charge in [0.1, 0.15) is 5.82 Å². The zero-order valence-corrected chi connectivity index (χ0v) is 14.4. The van der Waals surface area contributed by atoms with E-state index in [4.69, 9.17) is 0 Å². The molecule has 7 heteroatoms. The van der Waals surface area contributed by atoms with Gasteiger partial charge in [-0.2, -0.15) is 0 Å². The summed E-state index contributed by atoms with van der Waals surface area (Å²) in [6.07, 6.45) is 2.73. The van der Waals surface area contributed by atoms with Crippen LogP contribution in [0.2, 0.25) is 0 Å². The minimum Gasteiger partial charge on any atom is -0.388 e. The fraction of sp³-hybridized carbons (Fsp3) is 0.333. The van der Waals surface area contributed by atoms with Crippen LogP contribution >= 0.6 is 11.3 Å². The summed E-state index contributed by atoms with van der Waals surface area (Å²) in [5.74, 6) is -0.296. The van der Waals surface area contributed by atoms with E-state index in [0.29, 0.717) is 23.7 Å². The molecule has 25 heavy (non-hydrogen) atoms. The minimum absolute atomic E-state index is 0.151. The van der Waals surface area contributed by atoms with Crippen LogP contribution in [0.1, 0.15) is 12.8 Å². The fourth-order valence-electron chi connectivity index (χ4n) is 3.25. The Labute approximate surface area is 147 Å². The second kappa shape index (κ2) is 6.33. The molecule has 2 aromatic heterocycles.